The number of nitrogen functional groups attached to an aromatic ring is 1. The maximum Gasteiger partial charge on any atom is 0.338 e. The molecule has 1 fully saturated rings. The molecule has 3 heterocycles. The first-order valence-electron chi connectivity index (χ1n) is 18.2. The van der Waals surface area contributed by atoms with Crippen LogP contribution in [0.1, 0.15) is 110 Å². The Morgan fingerprint density at radius 1 is 0.850 bits per heavy atom. The second-order valence-electron chi connectivity index (χ2n) is 13.1. The molecule has 2 aromatic carbocycles. The number of terminal acetylenes is 1. The Kier molecular flexibility index (Phi) is 28.6. The molecule has 4 atom stereocenters. The Morgan fingerprint density at radius 3 is 1.92 bits per heavy atom. The standard InChI is InChI=1S/C40H44FN5O9.H3P.4U/c1-4-7-9-19-32(47)51-22-26-15-11-13-17-28(26)37(49)53-24-40(6-3)30(21-31(55-40)46-25-43-34-35(42)44-39(41)45-36(34)46)54-38(50)29-18-14-12-16-27(29)23-52-33(48)20-10-8-5-2;;;;;/h3,11-18,25,30-31H,4-5,7-10,19-24H2,1-2H3,(H2,42,44,45);1H3;;;;/t30-,31+,40+;;;;;/m0...../s1. The Labute approximate surface area is 447 Å². The molecule has 2 aromatic heterocycles. The van der Waals surface area contributed by atoms with E-state index in [4.69, 9.17) is 35.8 Å². The third kappa shape index (κ3) is 15.8. The summed E-state index contributed by atoms with van der Waals surface area (Å²) in [5, 5.41) is 0. The summed E-state index contributed by atoms with van der Waals surface area (Å²) in [6.07, 6.45) is 9.49. The maximum absolute atomic E-state index is 14.3. The van der Waals surface area contributed by atoms with Crippen molar-refractivity contribution in [2.75, 3.05) is 12.3 Å². The monoisotopic (exact) mass is 1740 g/mol. The predicted molar refractivity (Wildman–Crippen MR) is 207 cm³/mol. The van der Waals surface area contributed by atoms with Gasteiger partial charge < -0.3 is 29.4 Å². The fourth-order valence-corrected chi connectivity index (χ4v) is 6.10. The number of esters is 4. The molecule has 0 aliphatic carbocycles. The summed E-state index contributed by atoms with van der Waals surface area (Å²) < 4.78 is 44.6. The van der Waals surface area contributed by atoms with E-state index in [9.17, 15) is 23.6 Å². The van der Waals surface area contributed by atoms with Gasteiger partial charge in [0.1, 0.15) is 26.0 Å². The van der Waals surface area contributed by atoms with E-state index >= 15 is 0 Å². The number of ether oxygens (including phenoxy) is 5. The largest absolute Gasteiger partial charge is 0.461 e. The van der Waals surface area contributed by atoms with Crippen LogP contribution in [0.3, 0.4) is 0 Å². The predicted octanol–water partition coefficient (Wildman–Crippen LogP) is 6.23. The van der Waals surface area contributed by atoms with Gasteiger partial charge in [-0.25, -0.2) is 14.6 Å². The van der Waals surface area contributed by atoms with Crippen LogP contribution >= 0.6 is 9.90 Å². The van der Waals surface area contributed by atoms with Crippen molar-refractivity contribution in [2.45, 2.75) is 103 Å². The van der Waals surface area contributed by atoms with E-state index in [1.54, 1.807) is 36.4 Å². The number of unbranched alkanes of at least 4 members (excludes halogenated alkanes) is 4. The molecular weight excluding hydrogens is 1700 g/mol. The number of hydrogen-bond acceptors (Lipinski definition) is 13. The minimum atomic E-state index is -1.87. The minimum Gasteiger partial charge on any atom is -0.461 e. The first-order chi connectivity index (χ1) is 26.6. The molecule has 60 heavy (non-hydrogen) atoms. The van der Waals surface area contributed by atoms with Crippen LogP contribution in [0.25, 0.3) is 11.2 Å². The smallest absolute Gasteiger partial charge is 0.338 e. The number of carbonyl (C=O) groups excluding carboxylic acids is 4. The summed E-state index contributed by atoms with van der Waals surface area (Å²) in [7, 11) is 0. The molecule has 20 heteroatoms. The molecule has 1 aliphatic rings. The zero-order valence-electron chi connectivity index (χ0n) is 33.5. The van der Waals surface area contributed by atoms with Crippen LogP contribution in [0.4, 0.5) is 10.2 Å². The Bertz CT molecular complexity index is 2080. The molecule has 1 saturated heterocycles. The number of nitrogens with zero attached hydrogens (tertiary/aromatic N) is 4. The van der Waals surface area contributed by atoms with Gasteiger partial charge in [-0.1, -0.05) is 81.8 Å². The summed E-state index contributed by atoms with van der Waals surface area (Å²) in [6, 6.07) is 13.0. The Balaban J connectivity index is 0.00000696. The molecule has 1 aliphatic heterocycles. The number of halogens is 1. The van der Waals surface area contributed by atoms with Gasteiger partial charge in [0.15, 0.2) is 23.1 Å². The third-order valence-corrected chi connectivity index (χ3v) is 9.15. The summed E-state index contributed by atoms with van der Waals surface area (Å²) in [4.78, 5) is 63.6. The van der Waals surface area contributed by atoms with Gasteiger partial charge in [0.2, 0.25) is 5.60 Å². The van der Waals surface area contributed by atoms with Crippen molar-refractivity contribution in [2.24, 2.45) is 0 Å². The maximum atomic E-state index is 14.3. The number of hydrogen-bond donors (Lipinski definition) is 1. The number of aromatic nitrogens is 4. The molecular formula is C40H47FN5O9PU4. The van der Waals surface area contributed by atoms with E-state index in [1.807, 2.05) is 13.8 Å². The van der Waals surface area contributed by atoms with E-state index in [-0.39, 0.29) is 201 Å². The van der Waals surface area contributed by atoms with Crippen LogP contribution in [0.15, 0.2) is 54.9 Å². The zero-order chi connectivity index (χ0) is 39.4. The molecule has 314 valence electrons. The van der Waals surface area contributed by atoms with Crippen molar-refractivity contribution in [1.29, 1.82) is 0 Å². The van der Waals surface area contributed by atoms with Gasteiger partial charge in [0, 0.05) is 155 Å². The van der Waals surface area contributed by atoms with Crippen molar-refractivity contribution >= 4 is 50.8 Å². The topological polar surface area (TPSA) is 184 Å². The second kappa shape index (κ2) is 29.2. The number of imidazole rings is 1. The summed E-state index contributed by atoms with van der Waals surface area (Å²) in [6.45, 7) is 3.15. The summed E-state index contributed by atoms with van der Waals surface area (Å²) in [5.74, 6) is -0.0556. The van der Waals surface area contributed by atoms with Gasteiger partial charge in [-0.15, -0.1) is 6.42 Å². The van der Waals surface area contributed by atoms with Gasteiger partial charge in [0.05, 0.1) is 17.5 Å². The molecule has 0 bridgehead atoms. The van der Waals surface area contributed by atoms with E-state index in [2.05, 4.69) is 20.9 Å². The van der Waals surface area contributed by atoms with Gasteiger partial charge in [-0.2, -0.15) is 24.3 Å². The quantitative estimate of drug-likeness (QED) is 0.0296. The Hall–Kier alpha value is -1.24. The molecule has 5 rings (SSSR count). The zero-order valence-corrected chi connectivity index (χ0v) is 51.6. The van der Waals surface area contributed by atoms with Gasteiger partial charge >= 0.3 is 30.0 Å². The summed E-state index contributed by atoms with van der Waals surface area (Å²) >= 11 is 0. The number of carbonyl (C=O) groups is 4. The van der Waals surface area contributed by atoms with Gasteiger partial charge in [-0.3, -0.25) is 14.2 Å². The summed E-state index contributed by atoms with van der Waals surface area (Å²) in [5.41, 5.74) is 5.15. The number of rotatable bonds is 18. The van der Waals surface area contributed by atoms with E-state index in [0.717, 1.165) is 25.7 Å². The van der Waals surface area contributed by atoms with Crippen molar-refractivity contribution in [1.82, 2.24) is 19.5 Å². The van der Waals surface area contributed by atoms with E-state index in [1.165, 1.54) is 23.0 Å². The van der Waals surface area contributed by atoms with Crippen LogP contribution < -0.4 is 5.73 Å². The Morgan fingerprint density at radius 2 is 1.38 bits per heavy atom. The SMILES string of the molecule is C#C[C@]1(COC(=O)c2ccccc2COC(=O)CCCCC)O[C@@H](n2cnc3c(N)nc(F)nc32)C[C@@H]1OC(=O)c1ccccc1COC(=O)CCCCC.P.[U].[U].[U].[U]. The molecule has 0 saturated carbocycles. The molecule has 2 N–H and O–H groups in total. The first-order valence-corrected chi connectivity index (χ1v) is 18.2. The van der Waals surface area contributed by atoms with Crippen LogP contribution in [0.5, 0.6) is 0 Å². The van der Waals surface area contributed by atoms with Crippen LogP contribution in [-0.2, 0) is 46.5 Å². The van der Waals surface area contributed by atoms with Crippen molar-refractivity contribution in [3.63, 3.8) is 0 Å². The number of fused-ring (bicyclic) bond motifs is 1. The number of anilines is 1. The molecule has 0 radical (unpaired) electrons. The molecule has 4 aromatic rings. The van der Waals surface area contributed by atoms with Crippen molar-refractivity contribution in [3.8, 4) is 12.3 Å². The molecule has 1 unspecified atom stereocenters. The van der Waals surface area contributed by atoms with Crippen molar-refractivity contribution < 1.29 is 172 Å². The van der Waals surface area contributed by atoms with Gasteiger partial charge in [-0.05, 0) is 25.0 Å². The average molecular weight is 1740 g/mol. The second-order valence-corrected chi connectivity index (χ2v) is 13.1. The number of benzene rings is 2. The van der Waals surface area contributed by atoms with Crippen LogP contribution in [-0.4, -0.2) is 61.7 Å². The van der Waals surface area contributed by atoms with E-state index in [0.29, 0.717) is 24.0 Å². The minimum absolute atomic E-state index is 0. The third-order valence-electron chi connectivity index (χ3n) is 9.15. The van der Waals surface area contributed by atoms with E-state index < -0.39 is 48.5 Å². The van der Waals surface area contributed by atoms with Crippen LogP contribution in [0.2, 0.25) is 0 Å². The first kappa shape index (κ1) is 58.8. The molecule has 0 amide bonds. The van der Waals surface area contributed by atoms with Gasteiger partial charge in [0.25, 0.3) is 0 Å². The normalized spacial score (nSPS) is 16.2. The fraction of sp³-hybridized carbons (Fsp3) is 0.425. The molecule has 14 nitrogen and oxygen atoms in total. The van der Waals surface area contributed by atoms with Crippen molar-refractivity contribution in [3.05, 3.63) is 83.2 Å². The average Bonchev–Trinajstić information content (AvgIpc) is 3.77. The fourth-order valence-electron chi connectivity index (χ4n) is 6.10. The van der Waals surface area contributed by atoms with Crippen LogP contribution in [0, 0.1) is 143 Å². The molecule has 0 spiro atoms. The number of nitrogens with two attached hydrogens (primary N) is 1.